The van der Waals surface area contributed by atoms with Crippen LogP contribution in [0.2, 0.25) is 0 Å². The molecule has 1 fully saturated rings. The fraction of sp³-hybridized carbons (Fsp3) is 0.217. The maximum absolute atomic E-state index is 14.4. The SMILES string of the molecule is O=C(NCc1cnco1)C1CC(c2c(-c3ccc(F)cc3)[nH]c3c(F)cc(F)cc23)C1. The predicted octanol–water partition coefficient (Wildman–Crippen LogP) is 5.05. The molecule has 1 aliphatic rings. The number of benzene rings is 2. The van der Waals surface area contributed by atoms with Gasteiger partial charge in [-0.2, -0.15) is 0 Å². The van der Waals surface area contributed by atoms with E-state index in [-0.39, 0.29) is 35.6 Å². The lowest BCUT2D eigenvalue weighted by molar-refractivity contribution is -0.128. The fourth-order valence-corrected chi connectivity index (χ4v) is 4.22. The van der Waals surface area contributed by atoms with Crippen molar-refractivity contribution in [3.63, 3.8) is 0 Å². The second-order valence-corrected chi connectivity index (χ2v) is 7.78. The summed E-state index contributed by atoms with van der Waals surface area (Å²) < 4.78 is 46.9. The van der Waals surface area contributed by atoms with Crippen LogP contribution in [0.5, 0.6) is 0 Å². The molecule has 158 valence electrons. The first-order valence-electron chi connectivity index (χ1n) is 9.91. The average molecular weight is 425 g/mol. The summed E-state index contributed by atoms with van der Waals surface area (Å²) in [4.78, 5) is 19.3. The van der Waals surface area contributed by atoms with E-state index in [1.165, 1.54) is 30.8 Å². The van der Waals surface area contributed by atoms with E-state index in [1.54, 1.807) is 12.1 Å². The first-order valence-corrected chi connectivity index (χ1v) is 9.91. The van der Waals surface area contributed by atoms with Gasteiger partial charge in [0.05, 0.1) is 24.0 Å². The Morgan fingerprint density at radius 1 is 1.13 bits per heavy atom. The van der Waals surface area contributed by atoms with Crippen LogP contribution in [-0.2, 0) is 11.3 Å². The highest BCUT2D eigenvalue weighted by molar-refractivity contribution is 5.92. The minimum atomic E-state index is -0.690. The quantitative estimate of drug-likeness (QED) is 0.470. The van der Waals surface area contributed by atoms with Crippen molar-refractivity contribution in [2.24, 2.45) is 5.92 Å². The monoisotopic (exact) mass is 425 g/mol. The molecule has 0 bridgehead atoms. The lowest BCUT2D eigenvalue weighted by atomic mass is 9.70. The number of nitrogens with one attached hydrogen (secondary N) is 2. The van der Waals surface area contributed by atoms with Gasteiger partial charge < -0.3 is 14.7 Å². The Labute approximate surface area is 175 Å². The van der Waals surface area contributed by atoms with Crippen LogP contribution in [0, 0.1) is 23.4 Å². The number of oxazole rings is 1. The third kappa shape index (κ3) is 3.58. The second kappa shape index (κ2) is 7.61. The molecule has 31 heavy (non-hydrogen) atoms. The third-order valence-corrected chi connectivity index (χ3v) is 5.83. The Kier molecular flexibility index (Phi) is 4.77. The first kappa shape index (κ1) is 19.4. The van der Waals surface area contributed by atoms with Crippen LogP contribution in [0.25, 0.3) is 22.2 Å². The summed E-state index contributed by atoms with van der Waals surface area (Å²) in [7, 11) is 0. The smallest absolute Gasteiger partial charge is 0.223 e. The standard InChI is InChI=1S/C23H18F3N3O2/c24-15-3-1-12(2-4-15)21-20(18-7-16(25)8-19(26)22(18)29-21)13-5-14(6-13)23(30)28-10-17-9-27-11-31-17/h1-4,7-9,11,13-14,29H,5-6,10H2,(H,28,30). The van der Waals surface area contributed by atoms with Gasteiger partial charge >= 0.3 is 0 Å². The number of rotatable bonds is 5. The molecular weight excluding hydrogens is 407 g/mol. The van der Waals surface area contributed by atoms with Crippen LogP contribution in [0.4, 0.5) is 13.2 Å². The van der Waals surface area contributed by atoms with E-state index in [0.717, 1.165) is 11.6 Å². The molecule has 1 aliphatic carbocycles. The zero-order chi connectivity index (χ0) is 21.5. The molecule has 1 saturated carbocycles. The van der Waals surface area contributed by atoms with Crippen molar-refractivity contribution >= 4 is 16.8 Å². The largest absolute Gasteiger partial charge is 0.447 e. The van der Waals surface area contributed by atoms with Crippen LogP contribution in [0.1, 0.15) is 30.1 Å². The van der Waals surface area contributed by atoms with Crippen molar-refractivity contribution < 1.29 is 22.4 Å². The van der Waals surface area contributed by atoms with Crippen molar-refractivity contribution in [1.82, 2.24) is 15.3 Å². The number of amides is 1. The van der Waals surface area contributed by atoms with Gasteiger partial charge in [-0.25, -0.2) is 18.2 Å². The highest BCUT2D eigenvalue weighted by atomic mass is 19.1. The maximum Gasteiger partial charge on any atom is 0.223 e. The molecule has 2 aromatic carbocycles. The molecule has 0 aliphatic heterocycles. The maximum atomic E-state index is 14.4. The van der Waals surface area contributed by atoms with E-state index >= 15 is 0 Å². The molecule has 1 amide bonds. The minimum absolute atomic E-state index is 0.0592. The minimum Gasteiger partial charge on any atom is -0.447 e. The van der Waals surface area contributed by atoms with E-state index in [4.69, 9.17) is 4.42 Å². The Balaban J connectivity index is 1.43. The van der Waals surface area contributed by atoms with Gasteiger partial charge in [-0.1, -0.05) is 0 Å². The lowest BCUT2D eigenvalue weighted by Crippen LogP contribution is -2.37. The first-order chi connectivity index (χ1) is 15.0. The molecule has 2 N–H and O–H groups in total. The van der Waals surface area contributed by atoms with E-state index < -0.39 is 11.6 Å². The average Bonchev–Trinajstić information content (AvgIpc) is 3.35. The Morgan fingerprint density at radius 3 is 2.61 bits per heavy atom. The second-order valence-electron chi connectivity index (χ2n) is 7.78. The lowest BCUT2D eigenvalue weighted by Gasteiger charge is -2.35. The summed E-state index contributed by atoms with van der Waals surface area (Å²) in [5, 5.41) is 3.27. The number of halogens is 3. The zero-order valence-electron chi connectivity index (χ0n) is 16.3. The van der Waals surface area contributed by atoms with Crippen LogP contribution in [0.15, 0.2) is 53.4 Å². The van der Waals surface area contributed by atoms with Crippen LogP contribution >= 0.6 is 0 Å². The van der Waals surface area contributed by atoms with Crippen molar-refractivity contribution in [2.75, 3.05) is 0 Å². The molecule has 2 aromatic heterocycles. The predicted molar refractivity (Wildman–Crippen MR) is 107 cm³/mol. The summed E-state index contributed by atoms with van der Waals surface area (Å²) >= 11 is 0. The van der Waals surface area contributed by atoms with Gasteiger partial charge in [0, 0.05) is 17.4 Å². The molecule has 0 radical (unpaired) electrons. The number of carbonyl (C=O) groups excluding carboxylic acids is 1. The van der Waals surface area contributed by atoms with Crippen molar-refractivity contribution in [1.29, 1.82) is 0 Å². The topological polar surface area (TPSA) is 70.9 Å². The summed E-state index contributed by atoms with van der Waals surface area (Å²) in [5.74, 6) is -1.56. The number of fused-ring (bicyclic) bond motifs is 1. The van der Waals surface area contributed by atoms with Crippen LogP contribution in [-0.4, -0.2) is 15.9 Å². The van der Waals surface area contributed by atoms with E-state index in [1.807, 2.05) is 0 Å². The van der Waals surface area contributed by atoms with Gasteiger partial charge in [-0.05, 0) is 60.2 Å². The highest BCUT2D eigenvalue weighted by Gasteiger charge is 2.38. The van der Waals surface area contributed by atoms with Crippen LogP contribution < -0.4 is 5.32 Å². The van der Waals surface area contributed by atoms with Gasteiger partial charge in [0.25, 0.3) is 0 Å². The van der Waals surface area contributed by atoms with Crippen molar-refractivity contribution in [3.8, 4) is 11.3 Å². The molecule has 0 atom stereocenters. The van der Waals surface area contributed by atoms with Gasteiger partial charge in [-0.3, -0.25) is 4.79 Å². The number of nitrogens with zero attached hydrogens (tertiary/aromatic N) is 1. The summed E-state index contributed by atoms with van der Waals surface area (Å²) in [6.45, 7) is 0.254. The Bertz CT molecular complexity index is 1240. The molecular formula is C23H18F3N3O2. The summed E-state index contributed by atoms with van der Waals surface area (Å²) in [6.07, 6.45) is 3.92. The Morgan fingerprint density at radius 2 is 1.90 bits per heavy atom. The normalized spacial score (nSPS) is 18.2. The number of carbonyl (C=O) groups is 1. The molecule has 5 nitrogen and oxygen atoms in total. The van der Waals surface area contributed by atoms with Crippen LogP contribution in [0.3, 0.4) is 0 Å². The third-order valence-electron chi connectivity index (χ3n) is 5.83. The van der Waals surface area contributed by atoms with Gasteiger partial charge in [0.1, 0.15) is 23.2 Å². The molecule has 0 spiro atoms. The number of aromatic nitrogens is 2. The van der Waals surface area contributed by atoms with Gasteiger partial charge in [0.2, 0.25) is 5.91 Å². The number of H-pyrrole nitrogens is 1. The van der Waals surface area contributed by atoms with Crippen molar-refractivity contribution in [3.05, 3.63) is 77.8 Å². The Hall–Kier alpha value is -3.55. The van der Waals surface area contributed by atoms with E-state index in [2.05, 4.69) is 15.3 Å². The molecule has 2 heterocycles. The molecule has 4 aromatic rings. The van der Waals surface area contributed by atoms with E-state index in [9.17, 15) is 18.0 Å². The zero-order valence-corrected chi connectivity index (χ0v) is 16.3. The molecule has 5 rings (SSSR count). The highest BCUT2D eigenvalue weighted by Crippen LogP contribution is 2.48. The van der Waals surface area contributed by atoms with Gasteiger partial charge in [0.15, 0.2) is 6.39 Å². The number of hydrogen-bond acceptors (Lipinski definition) is 3. The molecule has 0 unspecified atom stereocenters. The summed E-state index contributed by atoms with van der Waals surface area (Å²) in [6, 6.07) is 7.96. The van der Waals surface area contributed by atoms with E-state index in [0.29, 0.717) is 35.2 Å². The number of aromatic amines is 1. The molecule has 0 saturated heterocycles. The van der Waals surface area contributed by atoms with Gasteiger partial charge in [-0.15, -0.1) is 0 Å². The molecule has 8 heteroatoms. The summed E-state index contributed by atoms with van der Waals surface area (Å²) in [5.41, 5.74) is 2.24. The number of hydrogen-bond donors (Lipinski definition) is 2. The van der Waals surface area contributed by atoms with Crippen molar-refractivity contribution in [2.45, 2.75) is 25.3 Å². The fourth-order valence-electron chi connectivity index (χ4n) is 4.22.